The van der Waals surface area contributed by atoms with Crippen molar-refractivity contribution in [2.75, 3.05) is 24.6 Å². The van der Waals surface area contributed by atoms with Crippen LogP contribution in [-0.2, 0) is 9.59 Å². The summed E-state index contributed by atoms with van der Waals surface area (Å²) in [5.74, 6) is 1.35. The zero-order valence-electron chi connectivity index (χ0n) is 20.4. The second kappa shape index (κ2) is 9.42. The Morgan fingerprint density at radius 2 is 1.64 bits per heavy atom. The third kappa shape index (κ3) is 4.68. The molecule has 0 aliphatic carbocycles. The van der Waals surface area contributed by atoms with Gasteiger partial charge in [0.2, 0.25) is 0 Å². The fourth-order valence-corrected chi connectivity index (χ4v) is 4.46. The first-order chi connectivity index (χ1) is 15.8. The normalized spacial score (nSPS) is 17.5. The Labute approximate surface area is 197 Å². The minimum Gasteiger partial charge on any atom is -0.493 e. The number of rotatable bonds is 6. The fourth-order valence-electron chi connectivity index (χ4n) is 4.46. The van der Waals surface area contributed by atoms with E-state index in [1.54, 1.807) is 0 Å². The number of hydrogen-bond acceptors (Lipinski definition) is 4. The van der Waals surface area contributed by atoms with Gasteiger partial charge in [0.05, 0.1) is 17.9 Å². The molecule has 0 atom stereocenters. The van der Waals surface area contributed by atoms with E-state index >= 15 is 0 Å². The van der Waals surface area contributed by atoms with Gasteiger partial charge in [-0.15, -0.1) is 0 Å². The lowest BCUT2D eigenvalue weighted by molar-refractivity contribution is -0.120. The van der Waals surface area contributed by atoms with E-state index in [1.807, 2.05) is 56.3 Å². The van der Waals surface area contributed by atoms with Crippen LogP contribution in [0.4, 0.5) is 5.69 Å². The van der Waals surface area contributed by atoms with Crippen LogP contribution in [0.15, 0.2) is 48.2 Å². The first-order valence-electron chi connectivity index (χ1n) is 11.9. The number of ether oxygens (including phenoxy) is 1. The van der Waals surface area contributed by atoms with E-state index in [0.29, 0.717) is 35.4 Å². The maximum Gasteiger partial charge on any atom is 0.282 e. The van der Waals surface area contributed by atoms with Gasteiger partial charge in [-0.25, -0.2) is 4.90 Å². The van der Waals surface area contributed by atoms with Crippen molar-refractivity contribution in [2.45, 2.75) is 47.5 Å². The van der Waals surface area contributed by atoms with Gasteiger partial charge in [-0.3, -0.25) is 9.59 Å². The minimum absolute atomic E-state index is 0.224. The molecule has 5 nitrogen and oxygen atoms in total. The van der Waals surface area contributed by atoms with Crippen LogP contribution in [-0.4, -0.2) is 36.4 Å². The summed E-state index contributed by atoms with van der Waals surface area (Å²) in [5.41, 5.74) is 4.37. The van der Waals surface area contributed by atoms with E-state index in [4.69, 9.17) is 4.74 Å². The van der Waals surface area contributed by atoms with Gasteiger partial charge in [0.15, 0.2) is 0 Å². The molecule has 174 valence electrons. The molecule has 0 unspecified atom stereocenters. The predicted molar refractivity (Wildman–Crippen MR) is 132 cm³/mol. The molecule has 1 fully saturated rings. The van der Waals surface area contributed by atoms with Gasteiger partial charge in [0.25, 0.3) is 11.8 Å². The number of carbonyl (C=O) groups is 2. The van der Waals surface area contributed by atoms with Gasteiger partial charge in [-0.1, -0.05) is 45.0 Å². The van der Waals surface area contributed by atoms with E-state index in [2.05, 4.69) is 25.7 Å². The van der Waals surface area contributed by atoms with Gasteiger partial charge < -0.3 is 9.64 Å². The van der Waals surface area contributed by atoms with Crippen molar-refractivity contribution in [1.29, 1.82) is 0 Å². The van der Waals surface area contributed by atoms with Crippen LogP contribution >= 0.6 is 0 Å². The summed E-state index contributed by atoms with van der Waals surface area (Å²) in [6.07, 6.45) is 2.04. The number of piperidine rings is 1. The summed E-state index contributed by atoms with van der Waals surface area (Å²) in [6.45, 7) is 12.6. The lowest BCUT2D eigenvalue weighted by atomic mass is 9.97. The third-order valence-corrected chi connectivity index (χ3v) is 6.49. The number of benzene rings is 2. The molecule has 5 heteroatoms. The molecular formula is C28H34N2O3. The number of likely N-dealkylation sites (tertiary alicyclic amines) is 1. The molecule has 2 heterocycles. The number of hydrogen-bond donors (Lipinski definition) is 0. The molecule has 2 aliphatic rings. The second-order valence-corrected chi connectivity index (χ2v) is 9.86. The Bertz CT molecular complexity index is 1080. The topological polar surface area (TPSA) is 49.9 Å². The summed E-state index contributed by atoms with van der Waals surface area (Å²) >= 11 is 0. The molecule has 2 aromatic rings. The van der Waals surface area contributed by atoms with Gasteiger partial charge in [0, 0.05) is 13.1 Å². The molecular weight excluding hydrogens is 412 g/mol. The molecule has 0 aromatic heterocycles. The van der Waals surface area contributed by atoms with Crippen molar-refractivity contribution in [2.24, 2.45) is 11.8 Å². The van der Waals surface area contributed by atoms with Crippen LogP contribution < -0.4 is 9.64 Å². The van der Waals surface area contributed by atoms with E-state index in [-0.39, 0.29) is 11.8 Å². The molecule has 1 saturated heterocycles. The van der Waals surface area contributed by atoms with Crippen LogP contribution in [0.1, 0.15) is 50.3 Å². The average molecular weight is 447 g/mol. The monoisotopic (exact) mass is 446 g/mol. The quantitative estimate of drug-likeness (QED) is 0.561. The summed E-state index contributed by atoms with van der Waals surface area (Å²) in [6, 6.07) is 13.5. The highest BCUT2D eigenvalue weighted by Crippen LogP contribution is 2.38. The molecule has 0 saturated carbocycles. The molecule has 0 radical (unpaired) electrons. The zero-order chi connectivity index (χ0) is 23.7. The molecule has 0 spiro atoms. The number of nitrogens with zero attached hydrogens (tertiary/aromatic N) is 2. The Hall–Kier alpha value is -3.08. The SMILES string of the molecule is Cc1ccc(C)c(N2C(=O)C(c3ccc(OCC(C)C)cc3)=C(N3CCC(C)CC3)C2=O)c1. The largest absolute Gasteiger partial charge is 0.493 e. The smallest absolute Gasteiger partial charge is 0.282 e. The lowest BCUT2D eigenvalue weighted by Crippen LogP contribution is -2.38. The third-order valence-electron chi connectivity index (χ3n) is 6.49. The van der Waals surface area contributed by atoms with Crippen molar-refractivity contribution >= 4 is 23.1 Å². The highest BCUT2D eigenvalue weighted by molar-refractivity contribution is 6.45. The van der Waals surface area contributed by atoms with Gasteiger partial charge >= 0.3 is 0 Å². The van der Waals surface area contributed by atoms with Crippen LogP contribution in [0.25, 0.3) is 5.57 Å². The van der Waals surface area contributed by atoms with Gasteiger partial charge in [-0.05, 0) is 73.4 Å². The van der Waals surface area contributed by atoms with E-state index < -0.39 is 0 Å². The van der Waals surface area contributed by atoms with Crippen molar-refractivity contribution < 1.29 is 14.3 Å². The number of aryl methyl sites for hydroxylation is 2. The number of anilines is 1. The molecule has 33 heavy (non-hydrogen) atoms. The Kier molecular flexibility index (Phi) is 6.59. The fraction of sp³-hybridized carbons (Fsp3) is 0.429. The number of imide groups is 1. The van der Waals surface area contributed by atoms with Gasteiger partial charge in [-0.2, -0.15) is 0 Å². The summed E-state index contributed by atoms with van der Waals surface area (Å²) in [5, 5.41) is 0. The first-order valence-corrected chi connectivity index (χ1v) is 11.9. The standard InChI is InChI=1S/C28H34N2O3/c1-18(2)17-33-23-10-8-22(9-11-23)25-26(29-14-12-19(3)13-15-29)28(32)30(27(25)31)24-16-20(4)6-7-21(24)5/h6-11,16,18-19H,12-15,17H2,1-5H3. The zero-order valence-corrected chi connectivity index (χ0v) is 20.4. The number of amides is 2. The average Bonchev–Trinajstić information content (AvgIpc) is 3.05. The Balaban J connectivity index is 1.75. The second-order valence-electron chi connectivity index (χ2n) is 9.86. The van der Waals surface area contributed by atoms with Crippen LogP contribution in [0.2, 0.25) is 0 Å². The Morgan fingerprint density at radius 3 is 2.27 bits per heavy atom. The predicted octanol–water partition coefficient (Wildman–Crippen LogP) is 5.35. The maximum atomic E-state index is 13.8. The molecule has 4 rings (SSSR count). The molecule has 0 bridgehead atoms. The summed E-state index contributed by atoms with van der Waals surface area (Å²) in [4.78, 5) is 31.0. The maximum absolute atomic E-state index is 13.8. The van der Waals surface area contributed by atoms with Crippen molar-refractivity contribution in [1.82, 2.24) is 4.90 Å². The minimum atomic E-state index is -0.252. The van der Waals surface area contributed by atoms with Crippen molar-refractivity contribution in [3.05, 3.63) is 64.9 Å². The van der Waals surface area contributed by atoms with Crippen molar-refractivity contribution in [3.63, 3.8) is 0 Å². The highest BCUT2D eigenvalue weighted by Gasteiger charge is 2.43. The van der Waals surface area contributed by atoms with Gasteiger partial charge in [0.1, 0.15) is 11.4 Å². The van der Waals surface area contributed by atoms with Crippen molar-refractivity contribution in [3.8, 4) is 5.75 Å². The highest BCUT2D eigenvalue weighted by atomic mass is 16.5. The molecule has 2 aromatic carbocycles. The summed E-state index contributed by atoms with van der Waals surface area (Å²) in [7, 11) is 0. The van der Waals surface area contributed by atoms with Crippen LogP contribution in [0.5, 0.6) is 5.75 Å². The molecule has 2 aliphatic heterocycles. The van der Waals surface area contributed by atoms with Crippen LogP contribution in [0, 0.1) is 25.7 Å². The summed E-state index contributed by atoms with van der Waals surface area (Å²) < 4.78 is 5.82. The Morgan fingerprint density at radius 1 is 0.970 bits per heavy atom. The molecule has 0 N–H and O–H groups in total. The van der Waals surface area contributed by atoms with E-state index in [9.17, 15) is 9.59 Å². The number of carbonyl (C=O) groups excluding carboxylic acids is 2. The van der Waals surface area contributed by atoms with E-state index in [1.165, 1.54) is 4.90 Å². The van der Waals surface area contributed by atoms with E-state index in [0.717, 1.165) is 48.4 Å². The first kappa shape index (κ1) is 23.1. The molecule has 2 amide bonds. The van der Waals surface area contributed by atoms with Crippen LogP contribution in [0.3, 0.4) is 0 Å². The lowest BCUT2D eigenvalue weighted by Gasteiger charge is -2.32.